The highest BCUT2D eigenvalue weighted by Gasteiger charge is 2.48. The average Bonchev–Trinajstić information content (AvgIpc) is 2.86. The van der Waals surface area contributed by atoms with Gasteiger partial charge < -0.3 is 10.5 Å². The molecule has 1 unspecified atom stereocenters. The number of carbonyl (C=O) groups is 2. The van der Waals surface area contributed by atoms with E-state index in [0.717, 1.165) is 4.47 Å². The van der Waals surface area contributed by atoms with Crippen molar-refractivity contribution >= 4 is 43.4 Å². The van der Waals surface area contributed by atoms with E-state index >= 15 is 0 Å². The van der Waals surface area contributed by atoms with Crippen LogP contribution in [-0.4, -0.2) is 11.6 Å². The van der Waals surface area contributed by atoms with Crippen LogP contribution < -0.4 is 10.5 Å². The van der Waals surface area contributed by atoms with Gasteiger partial charge in [-0.3, -0.25) is 9.59 Å². The SMILES string of the molecule is N#CC1=C(N)Oc2c(Br)cc(Br)cc2C1C1C(=O)c2ccccc2C1=O. The molecule has 2 aliphatic rings. The number of carbonyl (C=O) groups excluding carboxylic acids is 2. The molecule has 0 fully saturated rings. The Balaban J connectivity index is 1.96. The summed E-state index contributed by atoms with van der Waals surface area (Å²) in [6.07, 6.45) is 0. The molecular weight excluding hydrogens is 464 g/mol. The molecule has 1 atom stereocenters. The summed E-state index contributed by atoms with van der Waals surface area (Å²) < 4.78 is 6.94. The van der Waals surface area contributed by atoms with Crippen LogP contribution in [0, 0.1) is 17.2 Å². The van der Waals surface area contributed by atoms with Gasteiger partial charge >= 0.3 is 0 Å². The van der Waals surface area contributed by atoms with Crippen molar-refractivity contribution in [1.29, 1.82) is 5.26 Å². The fourth-order valence-electron chi connectivity index (χ4n) is 3.53. The van der Waals surface area contributed by atoms with Gasteiger partial charge in [-0.15, -0.1) is 0 Å². The maximum absolute atomic E-state index is 13.0. The van der Waals surface area contributed by atoms with E-state index in [9.17, 15) is 14.9 Å². The van der Waals surface area contributed by atoms with Gasteiger partial charge in [-0.25, -0.2) is 0 Å². The molecule has 0 radical (unpaired) electrons. The van der Waals surface area contributed by atoms with Gasteiger partial charge in [0, 0.05) is 27.1 Å². The number of benzene rings is 2. The summed E-state index contributed by atoms with van der Waals surface area (Å²) >= 11 is 6.82. The van der Waals surface area contributed by atoms with Crippen molar-refractivity contribution in [3.05, 3.63) is 73.5 Å². The smallest absolute Gasteiger partial charge is 0.205 e. The molecule has 1 heterocycles. The Bertz CT molecular complexity index is 1030. The minimum absolute atomic E-state index is 0.0852. The first-order chi connectivity index (χ1) is 12.4. The van der Waals surface area contributed by atoms with Crippen LogP contribution in [0.1, 0.15) is 32.2 Å². The minimum atomic E-state index is -1.04. The van der Waals surface area contributed by atoms with E-state index in [4.69, 9.17) is 10.5 Å². The van der Waals surface area contributed by atoms with Crippen molar-refractivity contribution in [2.24, 2.45) is 11.7 Å². The van der Waals surface area contributed by atoms with Crippen molar-refractivity contribution in [3.63, 3.8) is 0 Å². The first-order valence-electron chi connectivity index (χ1n) is 7.68. The lowest BCUT2D eigenvalue weighted by atomic mass is 9.77. The monoisotopic (exact) mass is 472 g/mol. The van der Waals surface area contributed by atoms with E-state index in [0.29, 0.717) is 26.9 Å². The van der Waals surface area contributed by atoms with Crippen LogP contribution in [0.4, 0.5) is 0 Å². The third kappa shape index (κ3) is 2.33. The number of Topliss-reactive ketones (excluding diaryl/α,β-unsaturated/α-hetero) is 2. The van der Waals surface area contributed by atoms with Gasteiger partial charge in [0.15, 0.2) is 11.6 Å². The second-order valence-corrected chi connectivity index (χ2v) is 7.80. The molecule has 26 heavy (non-hydrogen) atoms. The normalized spacial score (nSPS) is 19.0. The van der Waals surface area contributed by atoms with Gasteiger partial charge in [0.25, 0.3) is 0 Å². The zero-order chi connectivity index (χ0) is 18.6. The van der Waals surface area contributed by atoms with Crippen molar-refractivity contribution in [2.75, 3.05) is 0 Å². The third-order valence-corrected chi connectivity index (χ3v) is 5.68. The zero-order valence-corrected chi connectivity index (χ0v) is 16.3. The van der Waals surface area contributed by atoms with Crippen LogP contribution >= 0.6 is 31.9 Å². The lowest BCUT2D eigenvalue weighted by Gasteiger charge is -2.29. The topological polar surface area (TPSA) is 93.2 Å². The number of halogens is 2. The molecule has 0 amide bonds. The zero-order valence-electron chi connectivity index (χ0n) is 13.1. The Kier molecular flexibility index (Phi) is 3.98. The highest BCUT2D eigenvalue weighted by molar-refractivity contribution is 9.11. The summed E-state index contributed by atoms with van der Waals surface area (Å²) in [5.41, 5.74) is 7.35. The highest BCUT2D eigenvalue weighted by Crippen LogP contribution is 2.49. The van der Waals surface area contributed by atoms with Gasteiger partial charge in [-0.05, 0) is 28.1 Å². The summed E-state index contributed by atoms with van der Waals surface area (Å²) in [5.74, 6) is -2.13. The fourth-order valence-corrected chi connectivity index (χ4v) is 4.87. The number of rotatable bonds is 1. The molecular formula is C19H10Br2N2O3. The Morgan fingerprint density at radius 3 is 2.23 bits per heavy atom. The summed E-state index contributed by atoms with van der Waals surface area (Å²) in [7, 11) is 0. The van der Waals surface area contributed by atoms with Crippen molar-refractivity contribution in [3.8, 4) is 11.8 Å². The maximum Gasteiger partial charge on any atom is 0.205 e. The number of nitrogens with zero attached hydrogens (tertiary/aromatic N) is 1. The Morgan fingerprint density at radius 1 is 1.04 bits per heavy atom. The predicted octanol–water partition coefficient (Wildman–Crippen LogP) is 4.08. The van der Waals surface area contributed by atoms with E-state index < -0.39 is 11.8 Å². The van der Waals surface area contributed by atoms with E-state index in [1.54, 1.807) is 36.4 Å². The first-order valence-corrected chi connectivity index (χ1v) is 9.26. The highest BCUT2D eigenvalue weighted by atomic mass is 79.9. The number of hydrogen-bond donors (Lipinski definition) is 1. The second-order valence-electron chi connectivity index (χ2n) is 6.03. The summed E-state index contributed by atoms with van der Waals surface area (Å²) in [6, 6.07) is 12.2. The van der Waals surface area contributed by atoms with Crippen molar-refractivity contribution < 1.29 is 14.3 Å². The molecule has 0 spiro atoms. The number of ether oxygens (including phenoxy) is 1. The summed E-state index contributed by atoms with van der Waals surface area (Å²) in [5, 5.41) is 9.63. The quantitative estimate of drug-likeness (QED) is 0.630. The van der Waals surface area contributed by atoms with Gasteiger partial charge in [0.05, 0.1) is 16.0 Å². The molecule has 7 heteroatoms. The number of nitrogens with two attached hydrogens (primary N) is 1. The van der Waals surface area contributed by atoms with E-state index in [1.807, 2.05) is 6.07 Å². The Hall–Kier alpha value is -2.43. The predicted molar refractivity (Wildman–Crippen MR) is 101 cm³/mol. The van der Waals surface area contributed by atoms with Crippen LogP contribution in [0.3, 0.4) is 0 Å². The molecule has 1 aliphatic heterocycles. The number of hydrogen-bond acceptors (Lipinski definition) is 5. The summed E-state index contributed by atoms with van der Waals surface area (Å²) in [4.78, 5) is 26.0. The standard InChI is InChI=1S/C19H10Br2N2O3/c20-8-5-11-14(12(7-22)19(23)26-18(11)13(21)6-8)15-16(24)9-3-1-2-4-10(9)17(15)25/h1-6,14-15H,23H2. The van der Waals surface area contributed by atoms with Crippen molar-refractivity contribution in [1.82, 2.24) is 0 Å². The molecule has 2 aromatic carbocycles. The average molecular weight is 474 g/mol. The van der Waals surface area contributed by atoms with Gasteiger partial charge in [-0.2, -0.15) is 5.26 Å². The van der Waals surface area contributed by atoms with Crippen molar-refractivity contribution in [2.45, 2.75) is 5.92 Å². The fraction of sp³-hybridized carbons (Fsp3) is 0.105. The number of ketones is 2. The third-order valence-electron chi connectivity index (χ3n) is 4.64. The van der Waals surface area contributed by atoms with E-state index in [2.05, 4.69) is 31.9 Å². The molecule has 4 rings (SSSR count). The molecule has 0 bridgehead atoms. The lowest BCUT2D eigenvalue weighted by molar-refractivity contribution is 0.0822. The van der Waals surface area contributed by atoms with E-state index in [1.165, 1.54) is 0 Å². The molecule has 5 nitrogen and oxygen atoms in total. The van der Waals surface area contributed by atoms with Gasteiger partial charge in [0.2, 0.25) is 5.88 Å². The number of allylic oxidation sites excluding steroid dienone is 1. The molecule has 2 aromatic rings. The lowest BCUT2D eigenvalue weighted by Crippen LogP contribution is -2.30. The van der Waals surface area contributed by atoms with Gasteiger partial charge in [0.1, 0.15) is 11.8 Å². The largest absolute Gasteiger partial charge is 0.439 e. The van der Waals surface area contributed by atoms with Crippen LogP contribution in [0.2, 0.25) is 0 Å². The minimum Gasteiger partial charge on any atom is -0.439 e. The molecule has 128 valence electrons. The summed E-state index contributed by atoms with van der Waals surface area (Å²) in [6.45, 7) is 0. The van der Waals surface area contributed by atoms with E-state index in [-0.39, 0.29) is 23.0 Å². The van der Waals surface area contributed by atoms with Gasteiger partial charge in [-0.1, -0.05) is 40.2 Å². The first kappa shape index (κ1) is 17.0. The Morgan fingerprint density at radius 2 is 1.65 bits per heavy atom. The molecule has 2 N–H and O–H groups in total. The molecule has 0 saturated heterocycles. The van der Waals surface area contributed by atoms with Crippen LogP contribution in [0.15, 0.2) is 56.8 Å². The number of nitriles is 1. The van der Waals surface area contributed by atoms with Crippen LogP contribution in [0.5, 0.6) is 5.75 Å². The molecule has 0 saturated carbocycles. The molecule has 1 aliphatic carbocycles. The van der Waals surface area contributed by atoms with Crippen LogP contribution in [-0.2, 0) is 0 Å². The van der Waals surface area contributed by atoms with Crippen LogP contribution in [0.25, 0.3) is 0 Å². The molecule has 0 aromatic heterocycles. The number of fused-ring (bicyclic) bond motifs is 2. The maximum atomic E-state index is 13.0. The Labute approximate surface area is 165 Å². The second kappa shape index (κ2) is 6.08.